The molecule has 5 rings (SSSR count). The number of ether oxygens (including phenoxy) is 2. The van der Waals surface area contributed by atoms with E-state index in [2.05, 4.69) is 39.9 Å². The van der Waals surface area contributed by atoms with Gasteiger partial charge in [0.15, 0.2) is 6.10 Å². The first-order chi connectivity index (χ1) is 17.0. The molecule has 0 spiro atoms. The van der Waals surface area contributed by atoms with Crippen LogP contribution < -0.4 is 10.6 Å². The van der Waals surface area contributed by atoms with Crippen LogP contribution in [0.15, 0.2) is 53.9 Å². The molecule has 10 heteroatoms. The Bertz CT molecular complexity index is 1230. The zero-order valence-electron chi connectivity index (χ0n) is 18.6. The third-order valence-corrected chi connectivity index (χ3v) is 7.01. The van der Waals surface area contributed by atoms with E-state index in [4.69, 9.17) is 14.6 Å². The van der Waals surface area contributed by atoms with Crippen LogP contribution in [0.2, 0.25) is 0 Å². The second kappa shape index (κ2) is 9.85. The van der Waals surface area contributed by atoms with Gasteiger partial charge in [-0.05, 0) is 28.7 Å². The Hall–Kier alpha value is -3.76. The molecule has 2 aromatic carbocycles. The van der Waals surface area contributed by atoms with Crippen molar-refractivity contribution < 1.29 is 29.0 Å². The summed E-state index contributed by atoms with van der Waals surface area (Å²) in [7, 11) is 0. The number of fused-ring (bicyclic) bond motifs is 3. The number of thiazole rings is 1. The number of rotatable bonds is 7. The molecule has 1 aromatic heterocycles. The van der Waals surface area contributed by atoms with Crippen LogP contribution in [0, 0.1) is 0 Å². The van der Waals surface area contributed by atoms with Crippen molar-refractivity contribution in [3.63, 3.8) is 0 Å². The molecule has 1 aliphatic carbocycles. The van der Waals surface area contributed by atoms with Gasteiger partial charge in [0.25, 0.3) is 5.91 Å². The molecule has 3 N–H and O–H groups in total. The Morgan fingerprint density at radius 1 is 1.09 bits per heavy atom. The van der Waals surface area contributed by atoms with Crippen molar-refractivity contribution in [1.82, 2.24) is 15.6 Å². The molecule has 1 aliphatic heterocycles. The Morgan fingerprint density at radius 2 is 1.77 bits per heavy atom. The van der Waals surface area contributed by atoms with Gasteiger partial charge in [-0.2, -0.15) is 0 Å². The van der Waals surface area contributed by atoms with Crippen molar-refractivity contribution in [3.05, 3.63) is 75.7 Å². The average molecular weight is 494 g/mol. The lowest BCUT2D eigenvalue weighted by Crippen LogP contribution is -2.44. The first-order valence-electron chi connectivity index (χ1n) is 11.2. The van der Waals surface area contributed by atoms with Crippen LogP contribution in [-0.4, -0.2) is 53.4 Å². The zero-order chi connectivity index (χ0) is 24.4. The van der Waals surface area contributed by atoms with Crippen molar-refractivity contribution in [1.29, 1.82) is 0 Å². The molecule has 0 bridgehead atoms. The van der Waals surface area contributed by atoms with Crippen molar-refractivity contribution >= 4 is 29.3 Å². The van der Waals surface area contributed by atoms with Crippen LogP contribution >= 0.6 is 11.3 Å². The van der Waals surface area contributed by atoms with Crippen LogP contribution in [0.5, 0.6) is 0 Å². The maximum atomic E-state index is 12.4. The van der Waals surface area contributed by atoms with Crippen LogP contribution in [0.1, 0.15) is 39.0 Å². The van der Waals surface area contributed by atoms with E-state index in [9.17, 15) is 14.4 Å². The minimum absolute atomic E-state index is 0.0301. The van der Waals surface area contributed by atoms with Gasteiger partial charge < -0.3 is 25.2 Å². The highest BCUT2D eigenvalue weighted by atomic mass is 32.1. The summed E-state index contributed by atoms with van der Waals surface area (Å²) in [6.45, 7) is 0.590. The molecule has 35 heavy (non-hydrogen) atoms. The van der Waals surface area contributed by atoms with Crippen molar-refractivity contribution in [3.8, 4) is 11.1 Å². The number of carboxylic acids is 1. The average Bonchev–Trinajstić information content (AvgIpc) is 3.59. The largest absolute Gasteiger partial charge is 0.479 e. The number of alkyl carbamates (subject to hydrolysis) is 1. The van der Waals surface area contributed by atoms with Crippen molar-refractivity contribution in [2.24, 2.45) is 0 Å². The first-order valence-corrected chi connectivity index (χ1v) is 12.1. The summed E-state index contributed by atoms with van der Waals surface area (Å²) in [4.78, 5) is 40.2. The predicted molar refractivity (Wildman–Crippen MR) is 127 cm³/mol. The molecule has 1 saturated heterocycles. The molecule has 1 fully saturated rings. The lowest BCUT2D eigenvalue weighted by atomic mass is 9.98. The molecule has 0 radical (unpaired) electrons. The molecular weight excluding hydrogens is 470 g/mol. The summed E-state index contributed by atoms with van der Waals surface area (Å²) in [6.07, 6.45) is -1.21. The SMILES string of the molecule is O=C(NCc1nc(C(=O)N[C@@H]2CCO[C@@H]2C(=O)O)cs1)OCC1c2ccccc2-c2ccccc21. The second-order valence-corrected chi connectivity index (χ2v) is 9.25. The van der Waals surface area contributed by atoms with Gasteiger partial charge >= 0.3 is 12.1 Å². The molecule has 2 heterocycles. The highest BCUT2D eigenvalue weighted by Gasteiger charge is 2.35. The van der Waals surface area contributed by atoms with E-state index >= 15 is 0 Å². The Labute approximate surface area is 205 Å². The third-order valence-electron chi connectivity index (χ3n) is 6.16. The Kier molecular flexibility index (Phi) is 6.47. The van der Waals surface area contributed by atoms with Crippen LogP contribution in [-0.2, 0) is 20.8 Å². The summed E-state index contributed by atoms with van der Waals surface area (Å²) < 4.78 is 10.7. The van der Waals surface area contributed by atoms with E-state index in [1.807, 2.05) is 24.3 Å². The van der Waals surface area contributed by atoms with Gasteiger partial charge in [0, 0.05) is 17.9 Å². The fraction of sp³-hybridized carbons (Fsp3) is 0.280. The van der Waals surface area contributed by atoms with Gasteiger partial charge in [-0.15, -0.1) is 11.3 Å². The fourth-order valence-electron chi connectivity index (χ4n) is 4.52. The summed E-state index contributed by atoms with van der Waals surface area (Å²) >= 11 is 1.22. The number of aromatic nitrogens is 1. The molecule has 0 saturated carbocycles. The van der Waals surface area contributed by atoms with E-state index in [-0.39, 0.29) is 31.4 Å². The number of nitrogens with zero attached hydrogens (tertiary/aromatic N) is 1. The first kappa shape index (κ1) is 23.0. The number of nitrogens with one attached hydrogen (secondary N) is 2. The van der Waals surface area contributed by atoms with Crippen molar-refractivity contribution in [2.75, 3.05) is 13.2 Å². The fourth-order valence-corrected chi connectivity index (χ4v) is 5.23. The van der Waals surface area contributed by atoms with Gasteiger partial charge in [0.1, 0.15) is 17.3 Å². The molecule has 2 atom stereocenters. The normalized spacial score (nSPS) is 18.5. The van der Waals surface area contributed by atoms with Gasteiger partial charge in [-0.3, -0.25) is 4.79 Å². The quantitative estimate of drug-likeness (QED) is 0.461. The van der Waals surface area contributed by atoms with Crippen molar-refractivity contribution in [2.45, 2.75) is 31.0 Å². The highest BCUT2D eigenvalue weighted by molar-refractivity contribution is 7.09. The maximum absolute atomic E-state index is 12.4. The molecule has 3 aromatic rings. The Morgan fingerprint density at radius 3 is 2.46 bits per heavy atom. The monoisotopic (exact) mass is 493 g/mol. The lowest BCUT2D eigenvalue weighted by Gasteiger charge is -2.15. The molecular formula is C25H23N3O6S. The summed E-state index contributed by atoms with van der Waals surface area (Å²) in [5.74, 6) is -1.62. The number of hydrogen-bond acceptors (Lipinski definition) is 7. The third kappa shape index (κ3) is 4.75. The molecule has 0 unspecified atom stereocenters. The second-order valence-electron chi connectivity index (χ2n) is 8.30. The summed E-state index contributed by atoms with van der Waals surface area (Å²) in [6, 6.07) is 15.6. The summed E-state index contributed by atoms with van der Waals surface area (Å²) in [5, 5.41) is 16.6. The number of carbonyl (C=O) groups is 3. The van der Waals surface area contributed by atoms with Crippen LogP contribution in [0.4, 0.5) is 4.79 Å². The standard InChI is InChI=1S/C25H23N3O6S/c29-23(28-19-9-10-33-22(19)24(30)31)20-13-35-21(27-20)11-26-25(32)34-12-18-16-7-3-1-5-14(16)15-6-2-4-8-17(15)18/h1-8,13,18-19,22H,9-12H2,(H,26,32)(H,28,29)(H,30,31)/t19-,22+/m1/s1. The van der Waals surface area contributed by atoms with E-state index in [0.717, 1.165) is 22.3 Å². The lowest BCUT2D eigenvalue weighted by molar-refractivity contribution is -0.148. The highest BCUT2D eigenvalue weighted by Crippen LogP contribution is 2.44. The van der Waals surface area contributed by atoms with E-state index in [1.54, 1.807) is 5.38 Å². The number of carbonyl (C=O) groups excluding carboxylic acids is 2. The predicted octanol–water partition coefficient (Wildman–Crippen LogP) is 3.15. The van der Waals surface area contributed by atoms with Gasteiger partial charge in [0.05, 0.1) is 12.6 Å². The van der Waals surface area contributed by atoms with Gasteiger partial charge in [-0.1, -0.05) is 48.5 Å². The molecule has 2 amide bonds. The van der Waals surface area contributed by atoms with Gasteiger partial charge in [-0.25, -0.2) is 14.6 Å². The smallest absolute Gasteiger partial charge is 0.407 e. The van der Waals surface area contributed by atoms with Crippen LogP contribution in [0.3, 0.4) is 0 Å². The van der Waals surface area contributed by atoms with E-state index in [0.29, 0.717) is 11.4 Å². The van der Waals surface area contributed by atoms with Crippen LogP contribution in [0.25, 0.3) is 11.1 Å². The molecule has 180 valence electrons. The molecule has 2 aliphatic rings. The number of carboxylic acid groups (broad SMARTS) is 1. The topological polar surface area (TPSA) is 127 Å². The van der Waals surface area contributed by atoms with E-state index < -0.39 is 30.1 Å². The zero-order valence-corrected chi connectivity index (χ0v) is 19.4. The number of aliphatic carboxylic acids is 1. The molecule has 9 nitrogen and oxygen atoms in total. The number of benzene rings is 2. The number of amides is 2. The Balaban J connectivity index is 1.14. The minimum atomic E-state index is -1.11. The summed E-state index contributed by atoms with van der Waals surface area (Å²) in [5.41, 5.74) is 4.74. The van der Waals surface area contributed by atoms with Gasteiger partial charge in [0.2, 0.25) is 0 Å². The minimum Gasteiger partial charge on any atom is -0.479 e. The number of hydrogen-bond donors (Lipinski definition) is 3. The maximum Gasteiger partial charge on any atom is 0.407 e. The van der Waals surface area contributed by atoms with E-state index in [1.165, 1.54) is 11.3 Å².